The SMILES string of the molecule is CC1C(=O)NC(=O)CN1C(=O)NCC(O)C(=O)O. The number of nitrogens with zero attached hydrogens (tertiary/aromatic N) is 1. The molecule has 1 fully saturated rings. The molecule has 0 aliphatic carbocycles. The first-order chi connectivity index (χ1) is 8.32. The van der Waals surface area contributed by atoms with Gasteiger partial charge in [0.2, 0.25) is 11.8 Å². The molecule has 0 aromatic rings. The molecule has 100 valence electrons. The maximum atomic E-state index is 11.6. The molecule has 0 aromatic carbocycles. The number of carboxylic acid groups (broad SMARTS) is 1. The van der Waals surface area contributed by atoms with E-state index in [1.807, 2.05) is 0 Å². The first-order valence-electron chi connectivity index (χ1n) is 5.12. The number of aliphatic hydroxyl groups is 1. The number of piperazine rings is 1. The second kappa shape index (κ2) is 5.45. The number of hydrogen-bond acceptors (Lipinski definition) is 5. The van der Waals surface area contributed by atoms with Gasteiger partial charge >= 0.3 is 12.0 Å². The molecule has 1 aliphatic heterocycles. The molecule has 0 bridgehead atoms. The van der Waals surface area contributed by atoms with Gasteiger partial charge < -0.3 is 20.4 Å². The molecule has 0 spiro atoms. The zero-order chi connectivity index (χ0) is 13.9. The van der Waals surface area contributed by atoms with Gasteiger partial charge in [-0.15, -0.1) is 0 Å². The highest BCUT2D eigenvalue weighted by atomic mass is 16.4. The number of urea groups is 1. The van der Waals surface area contributed by atoms with Crippen LogP contribution in [0.5, 0.6) is 0 Å². The van der Waals surface area contributed by atoms with Gasteiger partial charge in [0.05, 0.1) is 6.54 Å². The molecule has 0 saturated carbocycles. The molecule has 1 heterocycles. The highest BCUT2D eigenvalue weighted by Crippen LogP contribution is 2.04. The summed E-state index contributed by atoms with van der Waals surface area (Å²) < 4.78 is 0. The third kappa shape index (κ3) is 3.17. The molecule has 1 rings (SSSR count). The maximum Gasteiger partial charge on any atom is 0.334 e. The van der Waals surface area contributed by atoms with E-state index in [2.05, 4.69) is 10.6 Å². The largest absolute Gasteiger partial charge is 0.479 e. The normalized spacial score (nSPS) is 21.2. The van der Waals surface area contributed by atoms with Gasteiger partial charge in [0, 0.05) is 0 Å². The van der Waals surface area contributed by atoms with Crippen molar-refractivity contribution in [1.29, 1.82) is 0 Å². The number of imide groups is 1. The van der Waals surface area contributed by atoms with Crippen molar-refractivity contribution < 1.29 is 29.4 Å². The minimum Gasteiger partial charge on any atom is -0.479 e. The van der Waals surface area contributed by atoms with Gasteiger partial charge in [0.25, 0.3) is 0 Å². The molecule has 4 N–H and O–H groups in total. The summed E-state index contributed by atoms with van der Waals surface area (Å²) in [7, 11) is 0. The van der Waals surface area contributed by atoms with Crippen LogP contribution >= 0.6 is 0 Å². The molecule has 1 saturated heterocycles. The van der Waals surface area contributed by atoms with E-state index in [4.69, 9.17) is 10.2 Å². The van der Waals surface area contributed by atoms with Crippen molar-refractivity contribution in [2.45, 2.75) is 19.1 Å². The number of aliphatic hydroxyl groups excluding tert-OH is 1. The van der Waals surface area contributed by atoms with E-state index in [0.29, 0.717) is 0 Å². The van der Waals surface area contributed by atoms with Gasteiger partial charge in [0.15, 0.2) is 6.10 Å². The standard InChI is InChI=1S/C9H13N3O6/c1-4-7(15)11-6(14)3-12(4)9(18)10-2-5(13)8(16)17/h4-5,13H,2-3H2,1H3,(H,10,18)(H,16,17)(H,11,14,15). The summed E-state index contributed by atoms with van der Waals surface area (Å²) in [5.74, 6) is -2.71. The lowest BCUT2D eigenvalue weighted by atomic mass is 10.2. The summed E-state index contributed by atoms with van der Waals surface area (Å²) in [5, 5.41) is 21.6. The topological polar surface area (TPSA) is 136 Å². The molecule has 9 nitrogen and oxygen atoms in total. The second-order valence-corrected chi connectivity index (χ2v) is 3.76. The van der Waals surface area contributed by atoms with Crippen molar-refractivity contribution in [1.82, 2.24) is 15.5 Å². The fraction of sp³-hybridized carbons (Fsp3) is 0.556. The van der Waals surface area contributed by atoms with E-state index < -0.39 is 42.5 Å². The van der Waals surface area contributed by atoms with Crippen LogP contribution in [0.1, 0.15) is 6.92 Å². The summed E-state index contributed by atoms with van der Waals surface area (Å²) in [6.45, 7) is 0.615. The summed E-state index contributed by atoms with van der Waals surface area (Å²) in [5.41, 5.74) is 0. The predicted molar refractivity (Wildman–Crippen MR) is 56.4 cm³/mol. The van der Waals surface area contributed by atoms with Crippen molar-refractivity contribution in [2.75, 3.05) is 13.1 Å². The maximum absolute atomic E-state index is 11.6. The van der Waals surface area contributed by atoms with Crippen LogP contribution < -0.4 is 10.6 Å². The average Bonchev–Trinajstić information content (AvgIpc) is 2.29. The number of carbonyl (C=O) groups excluding carboxylic acids is 3. The lowest BCUT2D eigenvalue weighted by Crippen LogP contribution is -2.61. The third-order valence-corrected chi connectivity index (χ3v) is 2.42. The number of amides is 4. The van der Waals surface area contributed by atoms with Crippen molar-refractivity contribution in [2.24, 2.45) is 0 Å². The highest BCUT2D eigenvalue weighted by Gasteiger charge is 2.33. The quantitative estimate of drug-likeness (QED) is 0.413. The lowest BCUT2D eigenvalue weighted by Gasteiger charge is -2.31. The van der Waals surface area contributed by atoms with Gasteiger partial charge in [-0.1, -0.05) is 0 Å². The first kappa shape index (κ1) is 13.9. The lowest BCUT2D eigenvalue weighted by molar-refractivity contribution is -0.146. The fourth-order valence-electron chi connectivity index (χ4n) is 1.34. The van der Waals surface area contributed by atoms with E-state index in [1.165, 1.54) is 6.92 Å². The fourth-order valence-corrected chi connectivity index (χ4v) is 1.34. The minimum absolute atomic E-state index is 0.304. The molecule has 0 aromatic heterocycles. The van der Waals surface area contributed by atoms with Gasteiger partial charge in [-0.3, -0.25) is 14.9 Å². The van der Waals surface area contributed by atoms with Crippen LogP contribution in [0, 0.1) is 0 Å². The summed E-state index contributed by atoms with van der Waals surface area (Å²) in [6, 6.07) is -1.63. The monoisotopic (exact) mass is 259 g/mol. The zero-order valence-corrected chi connectivity index (χ0v) is 9.54. The average molecular weight is 259 g/mol. The third-order valence-electron chi connectivity index (χ3n) is 2.42. The first-order valence-corrected chi connectivity index (χ1v) is 5.12. The van der Waals surface area contributed by atoms with Gasteiger partial charge in [-0.2, -0.15) is 0 Å². The van der Waals surface area contributed by atoms with E-state index in [1.54, 1.807) is 0 Å². The summed E-state index contributed by atoms with van der Waals surface area (Å²) in [6.07, 6.45) is -1.74. The number of nitrogens with one attached hydrogen (secondary N) is 2. The van der Waals surface area contributed by atoms with Gasteiger partial charge in [0.1, 0.15) is 12.6 Å². The van der Waals surface area contributed by atoms with Crippen molar-refractivity contribution in [3.8, 4) is 0 Å². The Morgan fingerprint density at radius 1 is 1.56 bits per heavy atom. The summed E-state index contributed by atoms with van der Waals surface area (Å²) >= 11 is 0. The number of aliphatic carboxylic acids is 1. The molecular formula is C9H13N3O6. The second-order valence-electron chi connectivity index (χ2n) is 3.76. The van der Waals surface area contributed by atoms with Crippen LogP contribution in [0.4, 0.5) is 4.79 Å². The number of hydrogen-bond donors (Lipinski definition) is 4. The van der Waals surface area contributed by atoms with Crippen LogP contribution in [-0.2, 0) is 14.4 Å². The Bertz CT molecular complexity index is 396. The molecule has 0 radical (unpaired) electrons. The van der Waals surface area contributed by atoms with Crippen molar-refractivity contribution >= 4 is 23.8 Å². The molecule has 2 atom stereocenters. The smallest absolute Gasteiger partial charge is 0.334 e. The zero-order valence-electron chi connectivity index (χ0n) is 9.54. The molecule has 1 aliphatic rings. The summed E-state index contributed by atoms with van der Waals surface area (Å²) in [4.78, 5) is 45.2. The molecular weight excluding hydrogens is 246 g/mol. The van der Waals surface area contributed by atoms with E-state index in [0.717, 1.165) is 4.90 Å². The minimum atomic E-state index is -1.74. The Kier molecular flexibility index (Phi) is 4.21. The van der Waals surface area contributed by atoms with Crippen molar-refractivity contribution in [3.63, 3.8) is 0 Å². The number of carbonyl (C=O) groups is 4. The van der Waals surface area contributed by atoms with E-state index >= 15 is 0 Å². The van der Waals surface area contributed by atoms with Crippen LogP contribution in [-0.4, -0.2) is 64.2 Å². The Hall–Kier alpha value is -2.16. The van der Waals surface area contributed by atoms with E-state index in [9.17, 15) is 19.2 Å². The molecule has 2 unspecified atom stereocenters. The predicted octanol–water partition coefficient (Wildman–Crippen LogP) is -2.51. The van der Waals surface area contributed by atoms with Gasteiger partial charge in [-0.25, -0.2) is 9.59 Å². The van der Waals surface area contributed by atoms with E-state index in [-0.39, 0.29) is 6.54 Å². The molecule has 9 heteroatoms. The van der Waals surface area contributed by atoms with Crippen LogP contribution in [0.3, 0.4) is 0 Å². The highest BCUT2D eigenvalue weighted by molar-refractivity contribution is 6.03. The van der Waals surface area contributed by atoms with Crippen LogP contribution in [0.2, 0.25) is 0 Å². The molecule has 18 heavy (non-hydrogen) atoms. The Morgan fingerprint density at radius 3 is 2.72 bits per heavy atom. The van der Waals surface area contributed by atoms with Crippen LogP contribution in [0.25, 0.3) is 0 Å². The molecule has 4 amide bonds. The number of carboxylic acids is 1. The van der Waals surface area contributed by atoms with Crippen molar-refractivity contribution in [3.05, 3.63) is 0 Å². The number of rotatable bonds is 3. The van der Waals surface area contributed by atoms with Gasteiger partial charge in [-0.05, 0) is 6.92 Å². The van der Waals surface area contributed by atoms with Crippen LogP contribution in [0.15, 0.2) is 0 Å². The Labute approximate surface area is 102 Å². The Balaban J connectivity index is 2.57. The Morgan fingerprint density at radius 2 is 2.17 bits per heavy atom.